The normalized spacial score (nSPS) is 25.7. The molecule has 0 aromatic rings. The van der Waals surface area contributed by atoms with Gasteiger partial charge in [0.15, 0.2) is 0 Å². The van der Waals surface area contributed by atoms with Gasteiger partial charge in [-0.1, -0.05) is 13.8 Å². The lowest BCUT2D eigenvalue weighted by atomic mass is 9.93. The highest BCUT2D eigenvalue weighted by molar-refractivity contribution is 5.83. The molecule has 1 rings (SSSR count). The van der Waals surface area contributed by atoms with Gasteiger partial charge in [-0.15, -0.1) is 0 Å². The summed E-state index contributed by atoms with van der Waals surface area (Å²) >= 11 is 0. The first kappa shape index (κ1) is 14.5. The zero-order valence-corrected chi connectivity index (χ0v) is 11.9. The van der Waals surface area contributed by atoms with Crippen molar-refractivity contribution in [1.29, 1.82) is 0 Å². The summed E-state index contributed by atoms with van der Waals surface area (Å²) < 4.78 is 0. The van der Waals surface area contributed by atoms with Gasteiger partial charge in [-0.3, -0.25) is 9.69 Å². The Balaban J connectivity index is 2.88. The van der Waals surface area contributed by atoms with Gasteiger partial charge in [0.25, 0.3) is 0 Å². The molecule has 2 N–H and O–H groups in total. The molecule has 1 heterocycles. The van der Waals surface area contributed by atoms with Crippen LogP contribution in [0.5, 0.6) is 0 Å². The van der Waals surface area contributed by atoms with Crippen molar-refractivity contribution in [1.82, 2.24) is 9.80 Å². The Bertz CT molecular complexity index is 276. The third kappa shape index (κ3) is 3.19. The molecule has 0 bridgehead atoms. The second-order valence-corrected chi connectivity index (χ2v) is 6.16. The highest BCUT2D eigenvalue weighted by atomic mass is 16.2. The standard InChI is InChI=1S/C13H27N3O/c1-10(2)8-16-12(17)11(6-7-14)15(5)9-13(16,3)4/h10-11H,6-9,14H2,1-5H3. The van der Waals surface area contributed by atoms with E-state index in [1.54, 1.807) is 0 Å². The molecule has 0 radical (unpaired) electrons. The van der Waals surface area contributed by atoms with E-state index in [2.05, 4.69) is 32.6 Å². The van der Waals surface area contributed by atoms with Crippen LogP contribution in [0, 0.1) is 5.92 Å². The van der Waals surface area contributed by atoms with Gasteiger partial charge in [0.1, 0.15) is 0 Å². The Kier molecular flexibility index (Phi) is 4.55. The van der Waals surface area contributed by atoms with Gasteiger partial charge in [-0.2, -0.15) is 0 Å². The van der Waals surface area contributed by atoms with E-state index in [1.807, 2.05) is 11.9 Å². The second-order valence-electron chi connectivity index (χ2n) is 6.16. The van der Waals surface area contributed by atoms with Crippen molar-refractivity contribution < 1.29 is 4.79 Å². The first-order chi connectivity index (χ1) is 7.79. The van der Waals surface area contributed by atoms with Crippen LogP contribution in [-0.4, -0.2) is 54.0 Å². The van der Waals surface area contributed by atoms with E-state index in [1.165, 1.54) is 0 Å². The maximum atomic E-state index is 12.5. The van der Waals surface area contributed by atoms with Gasteiger partial charge in [-0.25, -0.2) is 0 Å². The zero-order chi connectivity index (χ0) is 13.2. The molecular weight excluding hydrogens is 214 g/mol. The van der Waals surface area contributed by atoms with Crippen molar-refractivity contribution in [3.8, 4) is 0 Å². The summed E-state index contributed by atoms with van der Waals surface area (Å²) in [6.45, 7) is 10.9. The summed E-state index contributed by atoms with van der Waals surface area (Å²) in [6.07, 6.45) is 0.750. The number of carbonyl (C=O) groups excluding carboxylic acids is 1. The van der Waals surface area contributed by atoms with Gasteiger partial charge in [0.05, 0.1) is 6.04 Å². The molecule has 0 aromatic heterocycles. The molecule has 100 valence electrons. The Morgan fingerprint density at radius 2 is 2.06 bits per heavy atom. The number of nitrogens with zero attached hydrogens (tertiary/aromatic N) is 2. The lowest BCUT2D eigenvalue weighted by molar-refractivity contribution is -0.151. The molecule has 1 aliphatic heterocycles. The fourth-order valence-corrected chi connectivity index (χ4v) is 2.68. The van der Waals surface area contributed by atoms with Crippen LogP contribution in [0.1, 0.15) is 34.1 Å². The number of carbonyl (C=O) groups is 1. The second kappa shape index (κ2) is 5.36. The first-order valence-corrected chi connectivity index (χ1v) is 6.51. The van der Waals surface area contributed by atoms with Crippen molar-refractivity contribution in [3.63, 3.8) is 0 Å². The molecule has 0 saturated carbocycles. The molecule has 0 aromatic carbocycles. The van der Waals surface area contributed by atoms with E-state index in [0.29, 0.717) is 12.5 Å². The van der Waals surface area contributed by atoms with Gasteiger partial charge in [-0.05, 0) is 39.8 Å². The number of hydrogen-bond acceptors (Lipinski definition) is 3. The fraction of sp³-hybridized carbons (Fsp3) is 0.923. The van der Waals surface area contributed by atoms with Gasteiger partial charge < -0.3 is 10.6 Å². The molecule has 1 fully saturated rings. The SMILES string of the molecule is CC(C)CN1C(=O)C(CCN)N(C)CC1(C)C. The summed E-state index contributed by atoms with van der Waals surface area (Å²) in [6, 6.07) is -0.0354. The quantitative estimate of drug-likeness (QED) is 0.796. The number of rotatable bonds is 4. The maximum Gasteiger partial charge on any atom is 0.240 e. The number of nitrogens with two attached hydrogens (primary N) is 1. The zero-order valence-electron chi connectivity index (χ0n) is 11.9. The third-order valence-corrected chi connectivity index (χ3v) is 3.44. The van der Waals surface area contributed by atoms with Crippen molar-refractivity contribution >= 4 is 5.91 Å². The van der Waals surface area contributed by atoms with Crippen molar-refractivity contribution in [3.05, 3.63) is 0 Å². The summed E-state index contributed by atoms with van der Waals surface area (Å²) in [5, 5.41) is 0. The van der Waals surface area contributed by atoms with E-state index >= 15 is 0 Å². The lowest BCUT2D eigenvalue weighted by Crippen LogP contribution is -2.66. The van der Waals surface area contributed by atoms with Crippen LogP contribution in [0.25, 0.3) is 0 Å². The predicted octanol–water partition coefficient (Wildman–Crippen LogP) is 0.912. The molecule has 4 nitrogen and oxygen atoms in total. The van der Waals surface area contributed by atoms with E-state index in [-0.39, 0.29) is 17.5 Å². The number of hydrogen-bond donors (Lipinski definition) is 1. The van der Waals surface area contributed by atoms with Gasteiger partial charge >= 0.3 is 0 Å². The van der Waals surface area contributed by atoms with E-state index in [9.17, 15) is 4.79 Å². The molecule has 1 atom stereocenters. The van der Waals surface area contributed by atoms with Crippen LogP contribution < -0.4 is 5.73 Å². The maximum absolute atomic E-state index is 12.5. The third-order valence-electron chi connectivity index (χ3n) is 3.44. The minimum absolute atomic E-state index is 0.0354. The summed E-state index contributed by atoms with van der Waals surface area (Å²) in [7, 11) is 2.02. The molecule has 1 aliphatic rings. The highest BCUT2D eigenvalue weighted by Gasteiger charge is 2.42. The first-order valence-electron chi connectivity index (χ1n) is 6.51. The molecule has 0 spiro atoms. The molecule has 4 heteroatoms. The highest BCUT2D eigenvalue weighted by Crippen LogP contribution is 2.26. The average Bonchev–Trinajstić information content (AvgIpc) is 2.18. The predicted molar refractivity (Wildman–Crippen MR) is 70.7 cm³/mol. The fourth-order valence-electron chi connectivity index (χ4n) is 2.68. The minimum atomic E-state index is -0.0821. The van der Waals surface area contributed by atoms with Crippen molar-refractivity contribution in [2.75, 3.05) is 26.7 Å². The van der Waals surface area contributed by atoms with Crippen molar-refractivity contribution in [2.45, 2.75) is 45.7 Å². The Labute approximate surface area is 105 Å². The van der Waals surface area contributed by atoms with E-state index < -0.39 is 0 Å². The largest absolute Gasteiger partial charge is 0.335 e. The number of piperazine rings is 1. The lowest BCUT2D eigenvalue weighted by Gasteiger charge is -2.50. The Morgan fingerprint density at radius 3 is 2.53 bits per heavy atom. The molecule has 1 saturated heterocycles. The van der Waals surface area contributed by atoms with E-state index in [0.717, 1.165) is 19.5 Å². The molecule has 1 amide bonds. The number of amides is 1. The minimum Gasteiger partial charge on any atom is -0.335 e. The van der Waals surface area contributed by atoms with E-state index in [4.69, 9.17) is 5.73 Å². The Morgan fingerprint density at radius 1 is 1.47 bits per heavy atom. The molecule has 0 aliphatic carbocycles. The Hall–Kier alpha value is -0.610. The van der Waals surface area contributed by atoms with Crippen LogP contribution in [0.4, 0.5) is 0 Å². The molecule has 1 unspecified atom stereocenters. The molecule has 17 heavy (non-hydrogen) atoms. The molecular formula is C13H27N3O. The van der Waals surface area contributed by atoms with Gasteiger partial charge in [0.2, 0.25) is 5.91 Å². The monoisotopic (exact) mass is 241 g/mol. The van der Waals surface area contributed by atoms with Crippen LogP contribution in [0.15, 0.2) is 0 Å². The van der Waals surface area contributed by atoms with Crippen molar-refractivity contribution in [2.24, 2.45) is 11.7 Å². The smallest absolute Gasteiger partial charge is 0.240 e. The summed E-state index contributed by atoms with van der Waals surface area (Å²) in [4.78, 5) is 16.7. The van der Waals surface area contributed by atoms with Gasteiger partial charge in [0, 0.05) is 18.6 Å². The number of likely N-dealkylation sites (N-methyl/N-ethyl adjacent to an activating group) is 1. The van der Waals surface area contributed by atoms with Crippen LogP contribution >= 0.6 is 0 Å². The van der Waals surface area contributed by atoms with Crippen LogP contribution in [-0.2, 0) is 4.79 Å². The summed E-state index contributed by atoms with van der Waals surface area (Å²) in [5.41, 5.74) is 5.52. The summed E-state index contributed by atoms with van der Waals surface area (Å²) in [5.74, 6) is 0.739. The van der Waals surface area contributed by atoms with Crippen LogP contribution in [0.2, 0.25) is 0 Å². The topological polar surface area (TPSA) is 49.6 Å². The average molecular weight is 241 g/mol. The van der Waals surface area contributed by atoms with Crippen LogP contribution in [0.3, 0.4) is 0 Å².